The molecule has 9 heteroatoms. The Morgan fingerprint density at radius 2 is 1.28 bits per heavy atom. The number of carbonyl (C=O) groups excluding carboxylic acids is 1. The van der Waals surface area contributed by atoms with E-state index < -0.39 is 18.5 Å². The molecular formula is C9H14F6O3. The van der Waals surface area contributed by atoms with Crippen molar-refractivity contribution in [2.45, 2.75) is 51.8 Å². The molecule has 0 radical (unpaired) electrons. The minimum Gasteiger partial charge on any atom is -0.460 e. The fourth-order valence-corrected chi connectivity index (χ4v) is 0.617. The van der Waals surface area contributed by atoms with Gasteiger partial charge in [0.15, 0.2) is 0 Å². The van der Waals surface area contributed by atoms with E-state index in [0.29, 0.717) is 0 Å². The predicted octanol–water partition coefficient (Wildman–Crippen LogP) is 2.82. The first-order valence-corrected chi connectivity index (χ1v) is 4.58. The second-order valence-electron chi connectivity index (χ2n) is 4.19. The average Bonchev–Trinajstić information content (AvgIpc) is 1.95. The zero-order valence-corrected chi connectivity index (χ0v) is 10.1. The predicted molar refractivity (Wildman–Crippen MR) is 49.6 cm³/mol. The molecule has 0 fully saturated rings. The van der Waals surface area contributed by atoms with Gasteiger partial charge in [0.1, 0.15) is 5.60 Å². The highest BCUT2D eigenvalue weighted by atomic mass is 19.4. The van der Waals surface area contributed by atoms with Gasteiger partial charge in [0, 0.05) is 6.92 Å². The van der Waals surface area contributed by atoms with E-state index in [-0.39, 0.29) is 11.6 Å². The van der Waals surface area contributed by atoms with Crippen molar-refractivity contribution >= 4 is 5.97 Å². The Morgan fingerprint density at radius 3 is 1.28 bits per heavy atom. The zero-order chi connectivity index (χ0) is 15.4. The van der Waals surface area contributed by atoms with Crippen molar-refractivity contribution in [3.8, 4) is 0 Å². The van der Waals surface area contributed by atoms with E-state index in [0.717, 1.165) is 0 Å². The third kappa shape index (κ3) is 11.5. The molecular weight excluding hydrogens is 270 g/mol. The maximum Gasteiger partial charge on any atom is 0.423 e. The van der Waals surface area contributed by atoms with E-state index in [9.17, 15) is 31.1 Å². The number of ether oxygens (including phenoxy) is 1. The van der Waals surface area contributed by atoms with Crippen LogP contribution in [-0.2, 0) is 9.53 Å². The summed E-state index contributed by atoms with van der Waals surface area (Å²) in [5.74, 6) is -0.225. The normalized spacial score (nSPS) is 12.9. The zero-order valence-electron chi connectivity index (χ0n) is 10.1. The average molecular weight is 284 g/mol. The smallest absolute Gasteiger partial charge is 0.423 e. The van der Waals surface area contributed by atoms with Crippen molar-refractivity contribution in [3.63, 3.8) is 0 Å². The van der Waals surface area contributed by atoms with Gasteiger partial charge in [-0.25, -0.2) is 0 Å². The van der Waals surface area contributed by atoms with Crippen LogP contribution in [0.2, 0.25) is 0 Å². The monoisotopic (exact) mass is 284 g/mol. The van der Waals surface area contributed by atoms with Crippen LogP contribution in [-0.4, -0.2) is 35.1 Å². The van der Waals surface area contributed by atoms with Crippen LogP contribution in [0.4, 0.5) is 26.3 Å². The van der Waals surface area contributed by atoms with Crippen LogP contribution >= 0.6 is 0 Å². The first-order valence-electron chi connectivity index (χ1n) is 4.58. The second-order valence-corrected chi connectivity index (χ2v) is 4.19. The Labute approximate surface area is 99.7 Å². The van der Waals surface area contributed by atoms with Gasteiger partial charge in [-0.05, 0) is 20.8 Å². The highest BCUT2D eigenvalue weighted by Crippen LogP contribution is 2.32. The number of aliphatic hydroxyl groups is 1. The standard InChI is InChI=1S/C6H12O2.C3H2F6O/c1-5(7)8-6(2,3)4;4-2(5,6)1(10)3(7,8)9/h1-4H3;1,10H. The molecule has 3 nitrogen and oxygen atoms in total. The third-order valence-electron chi connectivity index (χ3n) is 1.07. The fraction of sp³-hybridized carbons (Fsp3) is 0.889. The quantitative estimate of drug-likeness (QED) is 0.549. The molecule has 0 aliphatic carbocycles. The van der Waals surface area contributed by atoms with Crippen LogP contribution in [0, 0.1) is 0 Å². The minimum atomic E-state index is -5.63. The van der Waals surface area contributed by atoms with Gasteiger partial charge < -0.3 is 9.84 Å². The van der Waals surface area contributed by atoms with Crippen LogP contribution in [0.1, 0.15) is 27.7 Å². The molecule has 0 atom stereocenters. The van der Waals surface area contributed by atoms with Crippen molar-refractivity contribution in [1.29, 1.82) is 0 Å². The topological polar surface area (TPSA) is 46.5 Å². The third-order valence-corrected chi connectivity index (χ3v) is 1.07. The Balaban J connectivity index is 0. The van der Waals surface area contributed by atoms with Gasteiger partial charge in [0.05, 0.1) is 0 Å². The highest BCUT2D eigenvalue weighted by Gasteiger charge is 2.55. The summed E-state index contributed by atoms with van der Waals surface area (Å²) in [5, 5.41) is 7.47. The number of alkyl halides is 6. The molecule has 0 amide bonds. The van der Waals surface area contributed by atoms with Crippen LogP contribution in [0.5, 0.6) is 0 Å². The lowest BCUT2D eigenvalue weighted by Crippen LogP contribution is -2.41. The molecule has 0 spiro atoms. The van der Waals surface area contributed by atoms with Gasteiger partial charge in [-0.3, -0.25) is 4.79 Å². The number of hydrogen-bond acceptors (Lipinski definition) is 3. The van der Waals surface area contributed by atoms with Crippen molar-refractivity contribution in [2.24, 2.45) is 0 Å². The number of carbonyl (C=O) groups is 1. The van der Waals surface area contributed by atoms with Crippen LogP contribution < -0.4 is 0 Å². The summed E-state index contributed by atoms with van der Waals surface area (Å²) < 4.78 is 70.6. The van der Waals surface area contributed by atoms with E-state index in [4.69, 9.17) is 9.84 Å². The number of esters is 1. The Morgan fingerprint density at radius 1 is 1.00 bits per heavy atom. The molecule has 0 saturated heterocycles. The summed E-state index contributed by atoms with van der Waals surface area (Å²) in [6, 6.07) is 0. The Hall–Kier alpha value is -0.990. The number of halogens is 6. The lowest BCUT2D eigenvalue weighted by atomic mass is 10.2. The van der Waals surface area contributed by atoms with E-state index in [1.54, 1.807) is 0 Å². The van der Waals surface area contributed by atoms with Crippen molar-refractivity contribution in [2.75, 3.05) is 0 Å². The maximum atomic E-state index is 11.0. The number of aliphatic hydroxyl groups excluding tert-OH is 1. The molecule has 0 aromatic heterocycles. The van der Waals surface area contributed by atoms with Crippen LogP contribution in [0.25, 0.3) is 0 Å². The SMILES string of the molecule is CC(=O)OC(C)(C)C.OC(C(F)(F)F)C(F)(F)F. The maximum absolute atomic E-state index is 11.0. The van der Waals surface area contributed by atoms with Gasteiger partial charge in [-0.15, -0.1) is 0 Å². The summed E-state index contributed by atoms with van der Waals surface area (Å²) in [5.41, 5.74) is -0.328. The van der Waals surface area contributed by atoms with Gasteiger partial charge in [-0.2, -0.15) is 26.3 Å². The van der Waals surface area contributed by atoms with Crippen molar-refractivity contribution in [3.05, 3.63) is 0 Å². The molecule has 0 aromatic rings. The van der Waals surface area contributed by atoms with Gasteiger partial charge >= 0.3 is 18.3 Å². The van der Waals surface area contributed by atoms with Crippen molar-refractivity contribution < 1.29 is 41.0 Å². The molecule has 0 aromatic carbocycles. The Kier molecular flexibility index (Phi) is 6.73. The molecule has 0 heterocycles. The summed E-state index contributed by atoms with van der Waals surface area (Å²) in [7, 11) is 0. The molecule has 1 N–H and O–H groups in total. The summed E-state index contributed by atoms with van der Waals surface area (Å²) in [6.45, 7) is 6.93. The van der Waals surface area contributed by atoms with Gasteiger partial charge in [0.2, 0.25) is 6.10 Å². The molecule has 0 saturated carbocycles. The molecule has 0 aliphatic rings. The summed E-state index contributed by atoms with van der Waals surface area (Å²) in [4.78, 5) is 10.2. The van der Waals surface area contributed by atoms with E-state index in [1.165, 1.54) is 6.92 Å². The largest absolute Gasteiger partial charge is 0.460 e. The molecule has 110 valence electrons. The van der Waals surface area contributed by atoms with Crippen LogP contribution in [0.15, 0.2) is 0 Å². The first-order chi connectivity index (χ1) is 7.57. The van der Waals surface area contributed by atoms with Gasteiger partial charge in [-0.1, -0.05) is 0 Å². The molecule has 0 rings (SSSR count). The lowest BCUT2D eigenvalue weighted by Gasteiger charge is -2.17. The van der Waals surface area contributed by atoms with E-state index >= 15 is 0 Å². The fourth-order valence-electron chi connectivity index (χ4n) is 0.617. The Bertz CT molecular complexity index is 249. The number of hydrogen-bond donors (Lipinski definition) is 1. The first kappa shape index (κ1) is 19.4. The molecule has 0 bridgehead atoms. The van der Waals surface area contributed by atoms with E-state index in [1.807, 2.05) is 20.8 Å². The second kappa shape index (κ2) is 6.26. The van der Waals surface area contributed by atoms with E-state index in [2.05, 4.69) is 0 Å². The van der Waals surface area contributed by atoms with Gasteiger partial charge in [0.25, 0.3) is 0 Å². The molecule has 18 heavy (non-hydrogen) atoms. The molecule has 0 aliphatic heterocycles. The van der Waals surface area contributed by atoms with Crippen LogP contribution in [0.3, 0.4) is 0 Å². The summed E-state index contributed by atoms with van der Waals surface area (Å²) in [6.07, 6.45) is -15.5. The number of rotatable bonds is 0. The summed E-state index contributed by atoms with van der Waals surface area (Å²) >= 11 is 0. The van der Waals surface area contributed by atoms with Crippen molar-refractivity contribution in [1.82, 2.24) is 0 Å². The lowest BCUT2D eigenvalue weighted by molar-refractivity contribution is -0.308. The highest BCUT2D eigenvalue weighted by molar-refractivity contribution is 5.66. The minimum absolute atomic E-state index is 0.225. The molecule has 0 unspecified atom stereocenters.